The Morgan fingerprint density at radius 3 is 1.55 bits per heavy atom. The Morgan fingerprint density at radius 1 is 0.290 bits per heavy atom. The van der Waals surface area contributed by atoms with E-state index in [1.807, 2.05) is 0 Å². The monoisotopic (exact) mass is 787 g/mol. The summed E-state index contributed by atoms with van der Waals surface area (Å²) in [5.41, 5.74) is 15.4. The number of rotatable bonds is 7. The second-order valence-electron chi connectivity index (χ2n) is 16.4. The fraction of sp³-hybridized carbons (Fsp3) is 0.0164. The van der Waals surface area contributed by atoms with Crippen LogP contribution in [0.3, 0.4) is 0 Å². The topological polar surface area (TPSA) is 3.24 Å². The van der Waals surface area contributed by atoms with Crippen LogP contribution < -0.4 is 4.90 Å². The van der Waals surface area contributed by atoms with Gasteiger partial charge in [0.1, 0.15) is 0 Å². The van der Waals surface area contributed by atoms with Crippen molar-refractivity contribution in [2.45, 2.75) is 5.41 Å². The number of hydrogen-bond acceptors (Lipinski definition) is 1. The molecule has 0 amide bonds. The molecule has 1 nitrogen and oxygen atoms in total. The average molecular weight is 788 g/mol. The van der Waals surface area contributed by atoms with Crippen LogP contribution in [0.4, 0.5) is 17.1 Å². The molecule has 0 radical (unpaired) electrons. The first-order valence-corrected chi connectivity index (χ1v) is 21.5. The standard InChI is InChI=1S/C61H41N/c1-4-16-42(17-5-1)44-28-33-50(34-29-44)62(51-35-30-43-18-10-11-20-46(43)40-51)59-39-37-52(54-26-14-15-27-55(54)59)47-31-36-56-58(41-47)61(48-21-6-2-7-22-48,49-23-8-3-9-24-49)57-38-32-45-19-12-13-25-53(45)60(56)57/h1-41H. The molecule has 1 aliphatic carbocycles. The Bertz CT molecular complexity index is 3400. The Kier molecular flexibility index (Phi) is 8.47. The zero-order valence-electron chi connectivity index (χ0n) is 34.1. The summed E-state index contributed by atoms with van der Waals surface area (Å²) in [5, 5.41) is 7.38. The largest absolute Gasteiger partial charge is 0.310 e. The summed E-state index contributed by atoms with van der Waals surface area (Å²) in [6.45, 7) is 0. The maximum Gasteiger partial charge on any atom is 0.0714 e. The Balaban J connectivity index is 1.08. The van der Waals surface area contributed by atoms with Crippen molar-refractivity contribution >= 4 is 49.4 Å². The van der Waals surface area contributed by atoms with Crippen molar-refractivity contribution in [3.63, 3.8) is 0 Å². The molecule has 0 atom stereocenters. The van der Waals surface area contributed by atoms with E-state index in [0.29, 0.717) is 0 Å². The van der Waals surface area contributed by atoms with Crippen molar-refractivity contribution < 1.29 is 0 Å². The van der Waals surface area contributed by atoms with Crippen molar-refractivity contribution in [2.24, 2.45) is 0 Å². The van der Waals surface area contributed by atoms with Gasteiger partial charge in [0.2, 0.25) is 0 Å². The van der Waals surface area contributed by atoms with Crippen LogP contribution in [0.25, 0.3) is 65.7 Å². The molecule has 0 unspecified atom stereocenters. The fourth-order valence-electron chi connectivity index (χ4n) is 10.3. The van der Waals surface area contributed by atoms with Crippen molar-refractivity contribution in [1.29, 1.82) is 0 Å². The molecule has 0 aliphatic heterocycles. The first kappa shape index (κ1) is 35.9. The van der Waals surface area contributed by atoms with Crippen LogP contribution in [-0.2, 0) is 5.41 Å². The molecule has 0 bridgehead atoms. The van der Waals surface area contributed by atoms with Crippen LogP contribution in [0.5, 0.6) is 0 Å². The third kappa shape index (κ3) is 5.63. The number of hydrogen-bond donors (Lipinski definition) is 0. The van der Waals surface area contributed by atoms with Gasteiger partial charge in [-0.1, -0.05) is 212 Å². The van der Waals surface area contributed by atoms with E-state index in [4.69, 9.17) is 0 Å². The van der Waals surface area contributed by atoms with Crippen LogP contribution in [0.15, 0.2) is 249 Å². The SMILES string of the molecule is c1ccc(-c2ccc(N(c3ccc4ccccc4c3)c3ccc(-c4ccc5c(c4)C(c4ccccc4)(c4ccccc4)c4ccc6ccccc6c4-5)c4ccccc34)cc2)cc1. The number of fused-ring (bicyclic) bond motifs is 7. The van der Waals surface area contributed by atoms with Gasteiger partial charge in [-0.25, -0.2) is 0 Å². The Labute approximate surface area is 362 Å². The third-order valence-corrected chi connectivity index (χ3v) is 13.1. The molecule has 11 aromatic carbocycles. The fourth-order valence-corrected chi connectivity index (χ4v) is 10.3. The zero-order valence-corrected chi connectivity index (χ0v) is 34.1. The first-order valence-electron chi connectivity index (χ1n) is 21.5. The van der Waals surface area contributed by atoms with E-state index in [9.17, 15) is 0 Å². The minimum atomic E-state index is -0.512. The van der Waals surface area contributed by atoms with Crippen LogP contribution in [0.1, 0.15) is 22.3 Å². The molecule has 0 heterocycles. The summed E-state index contributed by atoms with van der Waals surface area (Å²) in [7, 11) is 0. The van der Waals surface area contributed by atoms with E-state index in [2.05, 4.69) is 254 Å². The summed E-state index contributed by atoms with van der Waals surface area (Å²) in [4.78, 5) is 2.42. The van der Waals surface area contributed by atoms with Gasteiger partial charge in [-0.3, -0.25) is 0 Å². The van der Waals surface area contributed by atoms with Crippen LogP contribution >= 0.6 is 0 Å². The van der Waals surface area contributed by atoms with E-state index in [1.165, 1.54) is 88.0 Å². The molecular weight excluding hydrogens is 747 g/mol. The van der Waals surface area contributed by atoms with Gasteiger partial charge in [0.15, 0.2) is 0 Å². The molecule has 1 heteroatoms. The molecular formula is C61H41N. The lowest BCUT2D eigenvalue weighted by Crippen LogP contribution is -2.28. The highest BCUT2D eigenvalue weighted by Gasteiger charge is 2.46. The van der Waals surface area contributed by atoms with Gasteiger partial charge in [-0.2, -0.15) is 0 Å². The molecule has 0 saturated heterocycles. The van der Waals surface area contributed by atoms with Crippen molar-refractivity contribution in [1.82, 2.24) is 0 Å². The number of benzene rings is 11. The molecule has 12 rings (SSSR count). The molecule has 0 fully saturated rings. The van der Waals surface area contributed by atoms with Gasteiger partial charge in [0.05, 0.1) is 11.1 Å². The summed E-state index contributed by atoms with van der Waals surface area (Å²) in [6.07, 6.45) is 0. The summed E-state index contributed by atoms with van der Waals surface area (Å²) >= 11 is 0. The molecule has 290 valence electrons. The van der Waals surface area contributed by atoms with Gasteiger partial charge >= 0.3 is 0 Å². The van der Waals surface area contributed by atoms with E-state index in [1.54, 1.807) is 0 Å². The second-order valence-corrected chi connectivity index (χ2v) is 16.4. The van der Waals surface area contributed by atoms with Gasteiger partial charge < -0.3 is 4.90 Å². The van der Waals surface area contributed by atoms with Gasteiger partial charge in [0, 0.05) is 16.8 Å². The summed E-state index contributed by atoms with van der Waals surface area (Å²) in [6, 6.07) is 91.7. The van der Waals surface area contributed by atoms with Crippen LogP contribution in [0, 0.1) is 0 Å². The lowest BCUT2D eigenvalue weighted by Gasteiger charge is -2.34. The van der Waals surface area contributed by atoms with E-state index >= 15 is 0 Å². The predicted octanol–water partition coefficient (Wildman–Crippen LogP) is 16.3. The normalized spacial score (nSPS) is 12.6. The predicted molar refractivity (Wildman–Crippen MR) is 262 cm³/mol. The van der Waals surface area contributed by atoms with Gasteiger partial charge in [-0.15, -0.1) is 0 Å². The van der Waals surface area contributed by atoms with Crippen molar-refractivity contribution in [3.8, 4) is 33.4 Å². The number of anilines is 3. The lowest BCUT2D eigenvalue weighted by atomic mass is 9.67. The van der Waals surface area contributed by atoms with Crippen LogP contribution in [-0.4, -0.2) is 0 Å². The van der Waals surface area contributed by atoms with E-state index < -0.39 is 5.41 Å². The van der Waals surface area contributed by atoms with Crippen molar-refractivity contribution in [3.05, 3.63) is 271 Å². The van der Waals surface area contributed by atoms with Gasteiger partial charge in [0.25, 0.3) is 0 Å². The quantitative estimate of drug-likeness (QED) is 0.155. The maximum atomic E-state index is 2.50. The number of nitrogens with zero attached hydrogens (tertiary/aromatic N) is 1. The molecule has 62 heavy (non-hydrogen) atoms. The molecule has 1 aliphatic rings. The van der Waals surface area contributed by atoms with Crippen molar-refractivity contribution in [2.75, 3.05) is 4.90 Å². The highest BCUT2D eigenvalue weighted by atomic mass is 15.1. The summed E-state index contributed by atoms with van der Waals surface area (Å²) < 4.78 is 0. The molecule has 0 aromatic heterocycles. The lowest BCUT2D eigenvalue weighted by molar-refractivity contribution is 0.769. The molecule has 0 N–H and O–H groups in total. The first-order chi connectivity index (χ1) is 30.8. The zero-order chi connectivity index (χ0) is 41.0. The molecule has 0 spiro atoms. The minimum Gasteiger partial charge on any atom is -0.310 e. The highest BCUT2D eigenvalue weighted by Crippen LogP contribution is 2.58. The molecule has 11 aromatic rings. The van der Waals surface area contributed by atoms with Gasteiger partial charge in [-0.05, 0) is 119 Å². The second kappa shape index (κ2) is 14.6. The Hall–Kier alpha value is -8.00. The highest BCUT2D eigenvalue weighted by molar-refractivity contribution is 6.08. The average Bonchev–Trinajstić information content (AvgIpc) is 3.66. The maximum absolute atomic E-state index is 2.50. The van der Waals surface area contributed by atoms with Crippen LogP contribution in [0.2, 0.25) is 0 Å². The Morgan fingerprint density at radius 2 is 0.823 bits per heavy atom. The minimum absolute atomic E-state index is 0.512. The smallest absolute Gasteiger partial charge is 0.0714 e. The van der Waals surface area contributed by atoms with E-state index in [0.717, 1.165) is 17.1 Å². The van der Waals surface area contributed by atoms with E-state index in [-0.39, 0.29) is 0 Å². The summed E-state index contributed by atoms with van der Waals surface area (Å²) in [5.74, 6) is 0. The third-order valence-electron chi connectivity index (χ3n) is 13.1. The molecule has 0 saturated carbocycles.